The highest BCUT2D eigenvalue weighted by atomic mass is 32.2. The molecule has 1 aliphatic carbocycles. The average molecular weight is 229 g/mol. The van der Waals surface area contributed by atoms with Crippen LogP contribution in [-0.4, -0.2) is 47.8 Å². The van der Waals surface area contributed by atoms with E-state index in [0.717, 1.165) is 12.6 Å². The van der Waals surface area contributed by atoms with E-state index >= 15 is 0 Å². The summed E-state index contributed by atoms with van der Waals surface area (Å²) in [6, 6.07) is 0.763. The average Bonchev–Trinajstić information content (AvgIpc) is 2.88. The lowest BCUT2D eigenvalue weighted by Crippen LogP contribution is -2.41. The molecular formula is C12H23NOS. The molecule has 0 bridgehead atoms. The van der Waals surface area contributed by atoms with Crippen LogP contribution in [0.2, 0.25) is 0 Å². The quantitative estimate of drug-likeness (QED) is 0.797. The van der Waals surface area contributed by atoms with Crippen LogP contribution in [0.15, 0.2) is 0 Å². The summed E-state index contributed by atoms with van der Waals surface area (Å²) in [6.07, 6.45) is 6.42. The van der Waals surface area contributed by atoms with Gasteiger partial charge in [-0.3, -0.25) is 0 Å². The first-order valence-corrected chi connectivity index (χ1v) is 7.30. The van der Waals surface area contributed by atoms with E-state index in [2.05, 4.69) is 23.7 Å². The van der Waals surface area contributed by atoms with Gasteiger partial charge in [-0.1, -0.05) is 12.8 Å². The van der Waals surface area contributed by atoms with E-state index in [-0.39, 0.29) is 5.41 Å². The van der Waals surface area contributed by atoms with Gasteiger partial charge in [0.2, 0.25) is 0 Å². The van der Waals surface area contributed by atoms with E-state index in [1.165, 1.54) is 43.6 Å². The summed E-state index contributed by atoms with van der Waals surface area (Å²) in [6.45, 7) is 1.49. The third-order valence-electron chi connectivity index (χ3n) is 4.11. The summed E-state index contributed by atoms with van der Waals surface area (Å²) in [5.41, 5.74) is 0.238. The van der Waals surface area contributed by atoms with Crippen molar-refractivity contribution in [3.05, 3.63) is 0 Å². The standard InChI is InChI=1S/C12H23NOS/c1-13(11-4-7-15-8-11)9-12(10-14)5-2-3-6-12/h11,14H,2-10H2,1H3. The maximum Gasteiger partial charge on any atom is 0.0499 e. The van der Waals surface area contributed by atoms with Crippen molar-refractivity contribution in [2.24, 2.45) is 5.41 Å². The zero-order chi connectivity index (χ0) is 10.7. The van der Waals surface area contributed by atoms with Crippen LogP contribution >= 0.6 is 11.8 Å². The van der Waals surface area contributed by atoms with Crippen LogP contribution in [-0.2, 0) is 0 Å². The Morgan fingerprint density at radius 3 is 2.67 bits per heavy atom. The van der Waals surface area contributed by atoms with Crippen LogP contribution in [0.25, 0.3) is 0 Å². The Morgan fingerprint density at radius 2 is 2.13 bits per heavy atom. The Balaban J connectivity index is 1.88. The van der Waals surface area contributed by atoms with E-state index in [1.807, 2.05) is 0 Å². The summed E-state index contributed by atoms with van der Waals surface area (Å²) < 4.78 is 0. The van der Waals surface area contributed by atoms with E-state index in [0.29, 0.717) is 6.61 Å². The first-order valence-electron chi connectivity index (χ1n) is 6.15. The van der Waals surface area contributed by atoms with Crippen molar-refractivity contribution < 1.29 is 5.11 Å². The summed E-state index contributed by atoms with van der Waals surface area (Å²) in [5, 5.41) is 9.58. The van der Waals surface area contributed by atoms with Crippen molar-refractivity contribution in [3.63, 3.8) is 0 Å². The van der Waals surface area contributed by atoms with Crippen LogP contribution in [0.5, 0.6) is 0 Å². The minimum atomic E-state index is 0.238. The van der Waals surface area contributed by atoms with Crippen LogP contribution in [0.1, 0.15) is 32.1 Å². The van der Waals surface area contributed by atoms with Crippen molar-refractivity contribution in [3.8, 4) is 0 Å². The topological polar surface area (TPSA) is 23.5 Å². The molecule has 15 heavy (non-hydrogen) atoms. The normalized spacial score (nSPS) is 30.2. The molecule has 0 amide bonds. The number of hydrogen-bond acceptors (Lipinski definition) is 3. The zero-order valence-electron chi connectivity index (χ0n) is 9.74. The lowest BCUT2D eigenvalue weighted by molar-refractivity contribution is 0.0759. The van der Waals surface area contributed by atoms with Crippen LogP contribution in [0.4, 0.5) is 0 Å². The van der Waals surface area contributed by atoms with Crippen LogP contribution in [0, 0.1) is 5.41 Å². The van der Waals surface area contributed by atoms with Gasteiger partial charge in [0.15, 0.2) is 0 Å². The number of thioether (sulfide) groups is 1. The Hall–Kier alpha value is 0.270. The van der Waals surface area contributed by atoms with Gasteiger partial charge in [0, 0.05) is 30.4 Å². The summed E-state index contributed by atoms with van der Waals surface area (Å²) in [4.78, 5) is 2.50. The molecule has 2 rings (SSSR count). The third kappa shape index (κ3) is 2.69. The van der Waals surface area contributed by atoms with E-state index in [9.17, 15) is 5.11 Å². The van der Waals surface area contributed by atoms with E-state index in [4.69, 9.17) is 0 Å². The van der Waals surface area contributed by atoms with Crippen molar-refractivity contribution in [1.82, 2.24) is 4.90 Å². The minimum Gasteiger partial charge on any atom is -0.396 e. The highest BCUT2D eigenvalue weighted by Crippen LogP contribution is 2.39. The molecule has 2 fully saturated rings. The maximum absolute atomic E-state index is 9.58. The number of aliphatic hydroxyl groups excluding tert-OH is 1. The highest BCUT2D eigenvalue weighted by molar-refractivity contribution is 7.99. The Morgan fingerprint density at radius 1 is 1.40 bits per heavy atom. The van der Waals surface area contributed by atoms with Crippen molar-refractivity contribution in [2.75, 3.05) is 31.7 Å². The zero-order valence-corrected chi connectivity index (χ0v) is 10.6. The second-order valence-corrected chi connectivity index (χ2v) is 6.45. The second-order valence-electron chi connectivity index (χ2n) is 5.30. The van der Waals surface area contributed by atoms with E-state index < -0.39 is 0 Å². The fraction of sp³-hybridized carbons (Fsp3) is 1.00. The molecule has 0 aromatic heterocycles. The molecule has 1 aliphatic heterocycles. The number of aliphatic hydroxyl groups is 1. The third-order valence-corrected chi connectivity index (χ3v) is 5.26. The predicted molar refractivity (Wildman–Crippen MR) is 66.3 cm³/mol. The Labute approximate surface area is 97.4 Å². The Kier molecular flexibility index (Phi) is 3.97. The largest absolute Gasteiger partial charge is 0.396 e. The molecule has 1 atom stereocenters. The van der Waals surface area contributed by atoms with E-state index in [1.54, 1.807) is 0 Å². The molecule has 0 spiro atoms. The molecule has 2 aliphatic rings. The molecule has 1 unspecified atom stereocenters. The van der Waals surface area contributed by atoms with Gasteiger partial charge in [-0.05, 0) is 32.1 Å². The lowest BCUT2D eigenvalue weighted by atomic mass is 9.86. The van der Waals surface area contributed by atoms with Gasteiger partial charge in [-0.25, -0.2) is 0 Å². The van der Waals surface area contributed by atoms with Crippen LogP contribution in [0.3, 0.4) is 0 Å². The fourth-order valence-electron chi connectivity index (χ4n) is 3.02. The molecule has 1 N–H and O–H groups in total. The predicted octanol–water partition coefficient (Wildman–Crippen LogP) is 1.98. The molecule has 2 nitrogen and oxygen atoms in total. The second kappa shape index (κ2) is 5.07. The monoisotopic (exact) mass is 229 g/mol. The molecule has 1 saturated heterocycles. The minimum absolute atomic E-state index is 0.238. The van der Waals surface area contributed by atoms with Gasteiger partial charge in [0.1, 0.15) is 0 Å². The van der Waals surface area contributed by atoms with Crippen molar-refractivity contribution in [1.29, 1.82) is 0 Å². The maximum atomic E-state index is 9.58. The molecule has 0 radical (unpaired) electrons. The van der Waals surface area contributed by atoms with Gasteiger partial charge in [0.05, 0.1) is 0 Å². The Bertz CT molecular complexity index is 198. The first-order chi connectivity index (χ1) is 7.26. The fourth-order valence-corrected chi connectivity index (χ4v) is 4.32. The number of hydrogen-bond donors (Lipinski definition) is 1. The summed E-state index contributed by atoms with van der Waals surface area (Å²) in [7, 11) is 2.24. The van der Waals surface area contributed by atoms with Gasteiger partial charge >= 0.3 is 0 Å². The van der Waals surface area contributed by atoms with Gasteiger partial charge in [-0.15, -0.1) is 0 Å². The summed E-state index contributed by atoms with van der Waals surface area (Å²) in [5.74, 6) is 2.61. The number of rotatable bonds is 4. The molecule has 88 valence electrons. The molecule has 0 aromatic rings. The first kappa shape index (κ1) is 11.7. The van der Waals surface area contributed by atoms with Crippen LogP contribution < -0.4 is 0 Å². The molecule has 0 aromatic carbocycles. The summed E-state index contributed by atoms with van der Waals surface area (Å²) >= 11 is 2.07. The molecular weight excluding hydrogens is 206 g/mol. The van der Waals surface area contributed by atoms with Gasteiger partial charge < -0.3 is 10.0 Å². The molecule has 3 heteroatoms. The number of nitrogens with zero attached hydrogens (tertiary/aromatic N) is 1. The molecule has 1 heterocycles. The smallest absolute Gasteiger partial charge is 0.0499 e. The van der Waals surface area contributed by atoms with Crippen molar-refractivity contribution >= 4 is 11.8 Å². The lowest BCUT2D eigenvalue weighted by Gasteiger charge is -2.34. The molecule has 1 saturated carbocycles. The van der Waals surface area contributed by atoms with Gasteiger partial charge in [-0.2, -0.15) is 11.8 Å². The van der Waals surface area contributed by atoms with Crippen molar-refractivity contribution in [2.45, 2.75) is 38.1 Å². The highest BCUT2D eigenvalue weighted by Gasteiger charge is 2.35. The SMILES string of the molecule is CN(CC1(CO)CCCC1)C1CCSC1. The van der Waals surface area contributed by atoms with Gasteiger partial charge in [0.25, 0.3) is 0 Å².